The van der Waals surface area contributed by atoms with Crippen LogP contribution in [0.4, 0.5) is 8.78 Å². The third-order valence-corrected chi connectivity index (χ3v) is 2.37. The Kier molecular flexibility index (Phi) is 7.33. The molecule has 2 atom stereocenters. The molecule has 0 aromatic heterocycles. The van der Waals surface area contributed by atoms with Crippen LogP contribution in [-0.4, -0.2) is 18.6 Å². The van der Waals surface area contributed by atoms with Crippen LogP contribution in [0.3, 0.4) is 0 Å². The monoisotopic (exact) mass is 294 g/mol. The van der Waals surface area contributed by atoms with E-state index >= 15 is 0 Å². The van der Waals surface area contributed by atoms with Crippen molar-refractivity contribution in [3.63, 3.8) is 0 Å². The number of nitrogens with one attached hydrogen (secondary N) is 1. The van der Waals surface area contributed by atoms with Gasteiger partial charge in [-0.1, -0.05) is 18.2 Å². The molecule has 4 nitrogen and oxygen atoms in total. The van der Waals surface area contributed by atoms with E-state index < -0.39 is 18.7 Å². The van der Waals surface area contributed by atoms with E-state index in [0.717, 1.165) is 0 Å². The van der Waals surface area contributed by atoms with Gasteiger partial charge in [0.15, 0.2) is 0 Å². The van der Waals surface area contributed by atoms with Crippen LogP contribution in [0.25, 0.3) is 0 Å². The Morgan fingerprint density at radius 1 is 1.32 bits per heavy atom. The Morgan fingerprint density at radius 3 is 2.42 bits per heavy atom. The molecule has 19 heavy (non-hydrogen) atoms. The molecule has 0 aliphatic heterocycles. The number of hydrogen-bond acceptors (Lipinski definition) is 3. The summed E-state index contributed by atoms with van der Waals surface area (Å²) in [4.78, 5) is 11.4. The lowest BCUT2D eigenvalue weighted by molar-refractivity contribution is -0.122. The predicted molar refractivity (Wildman–Crippen MR) is 70.5 cm³/mol. The molecular weight excluding hydrogens is 278 g/mol. The second kappa shape index (κ2) is 7.91. The van der Waals surface area contributed by atoms with Crippen molar-refractivity contribution >= 4 is 18.3 Å². The molecule has 1 amide bonds. The van der Waals surface area contributed by atoms with E-state index in [1.54, 1.807) is 32.0 Å². The number of carbonyl (C=O) groups excluding carboxylic acids is 1. The zero-order valence-electron chi connectivity index (χ0n) is 10.6. The summed E-state index contributed by atoms with van der Waals surface area (Å²) in [7, 11) is 0. The maximum absolute atomic E-state index is 12.2. The Bertz CT molecular complexity index is 416. The first-order chi connectivity index (χ1) is 8.41. The lowest BCUT2D eigenvalue weighted by Gasteiger charge is -2.19. The summed E-state index contributed by atoms with van der Waals surface area (Å²) >= 11 is 0. The maximum Gasteiger partial charge on any atom is 0.387 e. The van der Waals surface area contributed by atoms with Gasteiger partial charge in [-0.25, -0.2) is 0 Å². The topological polar surface area (TPSA) is 64.4 Å². The highest BCUT2D eigenvalue weighted by atomic mass is 35.5. The molecule has 1 rings (SSSR count). The molecular formula is C12H17ClF2N2O2. The Balaban J connectivity index is 0.00000324. The summed E-state index contributed by atoms with van der Waals surface area (Å²) in [6.45, 7) is 0.319. The molecule has 0 spiro atoms. The van der Waals surface area contributed by atoms with Crippen molar-refractivity contribution in [1.82, 2.24) is 5.32 Å². The van der Waals surface area contributed by atoms with Gasteiger partial charge in [-0.05, 0) is 19.9 Å². The van der Waals surface area contributed by atoms with E-state index in [4.69, 9.17) is 5.73 Å². The molecule has 3 N–H and O–H groups in total. The fraction of sp³-hybridized carbons (Fsp3) is 0.417. The number of ether oxygens (including phenoxy) is 1. The lowest BCUT2D eigenvalue weighted by Crippen LogP contribution is -2.39. The van der Waals surface area contributed by atoms with Crippen molar-refractivity contribution in [2.24, 2.45) is 5.73 Å². The van der Waals surface area contributed by atoms with Gasteiger partial charge in [-0.2, -0.15) is 8.78 Å². The fourth-order valence-electron chi connectivity index (χ4n) is 1.46. The molecule has 0 saturated heterocycles. The van der Waals surface area contributed by atoms with Crippen molar-refractivity contribution in [2.75, 3.05) is 0 Å². The molecule has 0 bridgehead atoms. The van der Waals surface area contributed by atoms with Gasteiger partial charge in [0.1, 0.15) is 5.75 Å². The third-order valence-electron chi connectivity index (χ3n) is 2.37. The average Bonchev–Trinajstić information content (AvgIpc) is 2.28. The zero-order valence-corrected chi connectivity index (χ0v) is 11.4. The van der Waals surface area contributed by atoms with Crippen molar-refractivity contribution in [2.45, 2.75) is 32.5 Å². The van der Waals surface area contributed by atoms with Crippen LogP contribution in [-0.2, 0) is 4.79 Å². The van der Waals surface area contributed by atoms with Gasteiger partial charge in [0.25, 0.3) is 0 Å². The van der Waals surface area contributed by atoms with Crippen LogP contribution in [0.15, 0.2) is 24.3 Å². The molecule has 108 valence electrons. The maximum atomic E-state index is 12.2. The van der Waals surface area contributed by atoms with Crippen molar-refractivity contribution in [3.05, 3.63) is 29.8 Å². The van der Waals surface area contributed by atoms with E-state index in [2.05, 4.69) is 10.1 Å². The molecule has 1 aromatic carbocycles. The second-order valence-corrected chi connectivity index (χ2v) is 3.94. The summed E-state index contributed by atoms with van der Waals surface area (Å²) in [6, 6.07) is 5.19. The fourth-order valence-corrected chi connectivity index (χ4v) is 1.46. The highest BCUT2D eigenvalue weighted by molar-refractivity contribution is 5.85. The van der Waals surface area contributed by atoms with Gasteiger partial charge in [0.2, 0.25) is 5.91 Å². The molecule has 0 radical (unpaired) electrons. The number of hydrogen-bond donors (Lipinski definition) is 2. The van der Waals surface area contributed by atoms with E-state index in [1.165, 1.54) is 6.07 Å². The molecule has 1 aromatic rings. The largest absolute Gasteiger partial charge is 0.434 e. The first-order valence-electron chi connectivity index (χ1n) is 5.51. The minimum atomic E-state index is -2.90. The second-order valence-electron chi connectivity index (χ2n) is 3.94. The van der Waals surface area contributed by atoms with Crippen molar-refractivity contribution in [1.29, 1.82) is 0 Å². The molecule has 7 heteroatoms. The van der Waals surface area contributed by atoms with Gasteiger partial charge in [-0.3, -0.25) is 4.79 Å². The van der Waals surface area contributed by atoms with E-state index in [0.29, 0.717) is 5.56 Å². The summed E-state index contributed by atoms with van der Waals surface area (Å²) in [5.41, 5.74) is 5.90. The first kappa shape index (κ1) is 17.6. The lowest BCUT2D eigenvalue weighted by atomic mass is 10.1. The Labute approximate surface area is 116 Å². The number of halogens is 3. The minimum Gasteiger partial charge on any atom is -0.434 e. The number of rotatable bonds is 5. The van der Waals surface area contributed by atoms with Crippen LogP contribution in [0.1, 0.15) is 25.5 Å². The average molecular weight is 295 g/mol. The van der Waals surface area contributed by atoms with Crippen LogP contribution in [0.2, 0.25) is 0 Å². The predicted octanol–water partition coefficient (Wildman–Crippen LogP) is 2.23. The van der Waals surface area contributed by atoms with Gasteiger partial charge < -0.3 is 15.8 Å². The van der Waals surface area contributed by atoms with Crippen LogP contribution in [0.5, 0.6) is 5.75 Å². The van der Waals surface area contributed by atoms with Crippen LogP contribution < -0.4 is 15.8 Å². The molecule has 0 fully saturated rings. The summed E-state index contributed by atoms with van der Waals surface area (Å²) in [6.07, 6.45) is 0. The Morgan fingerprint density at radius 2 is 1.89 bits per heavy atom. The van der Waals surface area contributed by atoms with E-state index in [-0.39, 0.29) is 24.1 Å². The summed E-state index contributed by atoms with van der Waals surface area (Å²) in [5, 5.41) is 2.62. The minimum absolute atomic E-state index is 0. The summed E-state index contributed by atoms with van der Waals surface area (Å²) in [5.74, 6) is -0.306. The smallest absolute Gasteiger partial charge is 0.387 e. The zero-order chi connectivity index (χ0) is 13.7. The van der Waals surface area contributed by atoms with Gasteiger partial charge in [0, 0.05) is 5.56 Å². The normalized spacial score (nSPS) is 13.4. The van der Waals surface area contributed by atoms with Crippen molar-refractivity contribution < 1.29 is 18.3 Å². The summed E-state index contributed by atoms with van der Waals surface area (Å²) < 4.78 is 28.8. The molecule has 0 aliphatic rings. The third kappa shape index (κ3) is 5.40. The quantitative estimate of drug-likeness (QED) is 0.875. The SMILES string of the molecule is CC(NC(=O)[C@@H](C)N)c1ccccc1OC(F)F.Cl. The number of amides is 1. The highest BCUT2D eigenvalue weighted by Crippen LogP contribution is 2.26. The van der Waals surface area contributed by atoms with Crippen molar-refractivity contribution in [3.8, 4) is 5.75 Å². The molecule has 0 aliphatic carbocycles. The molecule has 1 unspecified atom stereocenters. The molecule has 0 heterocycles. The van der Waals surface area contributed by atoms with E-state index in [1.807, 2.05) is 0 Å². The number of carbonyl (C=O) groups is 1. The van der Waals surface area contributed by atoms with Gasteiger partial charge in [-0.15, -0.1) is 12.4 Å². The number of para-hydroxylation sites is 1. The van der Waals surface area contributed by atoms with Gasteiger partial charge in [0.05, 0.1) is 12.1 Å². The highest BCUT2D eigenvalue weighted by Gasteiger charge is 2.17. The van der Waals surface area contributed by atoms with Crippen LogP contribution >= 0.6 is 12.4 Å². The van der Waals surface area contributed by atoms with Crippen LogP contribution in [0, 0.1) is 0 Å². The number of nitrogens with two attached hydrogens (primary N) is 1. The number of benzene rings is 1. The van der Waals surface area contributed by atoms with Gasteiger partial charge >= 0.3 is 6.61 Å². The first-order valence-corrected chi connectivity index (χ1v) is 5.51. The van der Waals surface area contributed by atoms with E-state index in [9.17, 15) is 13.6 Å². The number of alkyl halides is 2. The molecule has 0 saturated carbocycles. The Hall–Kier alpha value is -1.40. The standard InChI is InChI=1S/C12H16F2N2O2.ClH/c1-7(15)11(17)16-8(2)9-5-3-4-6-10(9)18-12(13)14;/h3-8,12H,15H2,1-2H3,(H,16,17);1H/t7-,8?;/m1./s1.